The van der Waals surface area contributed by atoms with Gasteiger partial charge in [0.2, 0.25) is 0 Å². The van der Waals surface area contributed by atoms with E-state index in [9.17, 15) is 5.11 Å². The van der Waals surface area contributed by atoms with Crippen LogP contribution in [-0.2, 0) is 5.41 Å². The molecule has 1 aromatic carbocycles. The van der Waals surface area contributed by atoms with Crippen LogP contribution in [-0.4, -0.2) is 32.0 Å². The molecule has 96 valence electrons. The van der Waals surface area contributed by atoms with Gasteiger partial charge >= 0.3 is 0 Å². The summed E-state index contributed by atoms with van der Waals surface area (Å²) in [6, 6.07) is 5.64. The third-order valence-corrected chi connectivity index (χ3v) is 2.93. The molecule has 0 aliphatic heterocycles. The Hall–Kier alpha value is -1.26. The molecule has 0 heterocycles. The molecule has 1 rings (SSSR count). The minimum Gasteiger partial charge on any atom is -0.493 e. The molecule has 4 nitrogen and oxygen atoms in total. The third-order valence-electron chi connectivity index (χ3n) is 2.93. The zero-order chi connectivity index (χ0) is 12.9. The maximum Gasteiger partial charge on any atom is 0.164 e. The standard InChI is InChI=1S/C13H21NO3/c1-4-17-11-7-5-6-10(12(11)16-3)13(2,8-14)9-15/h5-7,15H,4,8-9,14H2,1-3H3. The van der Waals surface area contributed by atoms with Crippen LogP contribution in [0.4, 0.5) is 0 Å². The Morgan fingerprint density at radius 3 is 2.59 bits per heavy atom. The van der Waals surface area contributed by atoms with Gasteiger partial charge in [0.25, 0.3) is 0 Å². The predicted molar refractivity (Wildman–Crippen MR) is 67.7 cm³/mol. The van der Waals surface area contributed by atoms with Gasteiger partial charge in [0.15, 0.2) is 11.5 Å². The molecule has 0 saturated heterocycles. The van der Waals surface area contributed by atoms with Crippen LogP contribution in [0.2, 0.25) is 0 Å². The third kappa shape index (κ3) is 2.70. The lowest BCUT2D eigenvalue weighted by Crippen LogP contribution is -2.36. The number of aliphatic hydroxyl groups excluding tert-OH is 1. The predicted octanol–water partition coefficient (Wildman–Crippen LogP) is 1.30. The highest BCUT2D eigenvalue weighted by Crippen LogP contribution is 2.38. The topological polar surface area (TPSA) is 64.7 Å². The molecule has 0 fully saturated rings. The van der Waals surface area contributed by atoms with Crippen molar-refractivity contribution in [2.45, 2.75) is 19.3 Å². The van der Waals surface area contributed by atoms with E-state index in [0.717, 1.165) is 5.56 Å². The van der Waals surface area contributed by atoms with Crippen LogP contribution in [0.5, 0.6) is 11.5 Å². The Morgan fingerprint density at radius 1 is 1.41 bits per heavy atom. The lowest BCUT2D eigenvalue weighted by atomic mass is 9.82. The van der Waals surface area contributed by atoms with Crippen LogP contribution < -0.4 is 15.2 Å². The summed E-state index contributed by atoms with van der Waals surface area (Å²) in [5, 5.41) is 9.50. The molecule has 0 radical (unpaired) electrons. The molecule has 0 spiro atoms. The molecule has 4 heteroatoms. The molecule has 0 bridgehead atoms. The van der Waals surface area contributed by atoms with Gasteiger partial charge in [0, 0.05) is 17.5 Å². The fraction of sp³-hybridized carbons (Fsp3) is 0.538. The zero-order valence-corrected chi connectivity index (χ0v) is 10.7. The van der Waals surface area contributed by atoms with Gasteiger partial charge in [-0.15, -0.1) is 0 Å². The summed E-state index contributed by atoms with van der Waals surface area (Å²) in [5.74, 6) is 1.33. The number of ether oxygens (including phenoxy) is 2. The van der Waals surface area contributed by atoms with Gasteiger partial charge in [-0.1, -0.05) is 19.1 Å². The number of aliphatic hydroxyl groups is 1. The van der Waals surface area contributed by atoms with Crippen molar-refractivity contribution in [1.82, 2.24) is 0 Å². The first-order valence-electron chi connectivity index (χ1n) is 5.74. The van der Waals surface area contributed by atoms with E-state index in [1.807, 2.05) is 32.0 Å². The van der Waals surface area contributed by atoms with Gasteiger partial charge in [-0.3, -0.25) is 0 Å². The summed E-state index contributed by atoms with van der Waals surface area (Å²) in [6.45, 7) is 4.70. The van der Waals surface area contributed by atoms with Crippen LogP contribution in [0.1, 0.15) is 19.4 Å². The van der Waals surface area contributed by atoms with E-state index in [2.05, 4.69) is 0 Å². The van der Waals surface area contributed by atoms with Crippen molar-refractivity contribution in [3.05, 3.63) is 23.8 Å². The fourth-order valence-electron chi connectivity index (χ4n) is 1.73. The van der Waals surface area contributed by atoms with E-state index in [1.54, 1.807) is 7.11 Å². The van der Waals surface area contributed by atoms with E-state index in [0.29, 0.717) is 24.7 Å². The first-order chi connectivity index (χ1) is 8.12. The van der Waals surface area contributed by atoms with Crippen molar-refractivity contribution in [2.75, 3.05) is 26.9 Å². The number of para-hydroxylation sites is 1. The molecule has 0 aliphatic rings. The second-order valence-electron chi connectivity index (χ2n) is 4.19. The second-order valence-corrected chi connectivity index (χ2v) is 4.19. The van der Waals surface area contributed by atoms with Crippen LogP contribution in [0, 0.1) is 0 Å². The first kappa shape index (κ1) is 13.8. The molecule has 0 amide bonds. The quantitative estimate of drug-likeness (QED) is 0.785. The van der Waals surface area contributed by atoms with Crippen LogP contribution in [0.15, 0.2) is 18.2 Å². The van der Waals surface area contributed by atoms with Gasteiger partial charge in [-0.25, -0.2) is 0 Å². The fourth-order valence-corrected chi connectivity index (χ4v) is 1.73. The molecule has 3 N–H and O–H groups in total. The van der Waals surface area contributed by atoms with Crippen LogP contribution >= 0.6 is 0 Å². The van der Waals surface area contributed by atoms with Crippen molar-refractivity contribution < 1.29 is 14.6 Å². The molecule has 0 aliphatic carbocycles. The van der Waals surface area contributed by atoms with E-state index in [-0.39, 0.29) is 6.61 Å². The normalized spacial score (nSPS) is 14.2. The van der Waals surface area contributed by atoms with Crippen molar-refractivity contribution in [2.24, 2.45) is 5.73 Å². The van der Waals surface area contributed by atoms with Gasteiger partial charge in [-0.2, -0.15) is 0 Å². The summed E-state index contributed by atoms with van der Waals surface area (Å²) in [7, 11) is 1.59. The van der Waals surface area contributed by atoms with Crippen molar-refractivity contribution in [3.63, 3.8) is 0 Å². The van der Waals surface area contributed by atoms with Gasteiger partial charge in [0.05, 0.1) is 20.3 Å². The average molecular weight is 239 g/mol. The van der Waals surface area contributed by atoms with Crippen molar-refractivity contribution in [1.29, 1.82) is 0 Å². The largest absolute Gasteiger partial charge is 0.493 e. The maximum absolute atomic E-state index is 9.50. The summed E-state index contributed by atoms with van der Waals surface area (Å²) < 4.78 is 10.9. The molecule has 0 saturated carbocycles. The maximum atomic E-state index is 9.50. The molecule has 1 unspecified atom stereocenters. The Morgan fingerprint density at radius 2 is 2.12 bits per heavy atom. The average Bonchev–Trinajstić information content (AvgIpc) is 2.38. The van der Waals surface area contributed by atoms with Crippen molar-refractivity contribution in [3.8, 4) is 11.5 Å². The van der Waals surface area contributed by atoms with Gasteiger partial charge in [0.1, 0.15) is 0 Å². The van der Waals surface area contributed by atoms with Gasteiger partial charge < -0.3 is 20.3 Å². The highest BCUT2D eigenvalue weighted by Gasteiger charge is 2.29. The summed E-state index contributed by atoms with van der Waals surface area (Å²) in [5.41, 5.74) is 6.10. The number of methoxy groups -OCH3 is 1. The summed E-state index contributed by atoms with van der Waals surface area (Å²) in [6.07, 6.45) is 0. The Balaban J connectivity index is 3.27. The molecule has 17 heavy (non-hydrogen) atoms. The van der Waals surface area contributed by atoms with E-state index >= 15 is 0 Å². The first-order valence-corrected chi connectivity index (χ1v) is 5.74. The van der Waals surface area contributed by atoms with E-state index in [4.69, 9.17) is 15.2 Å². The SMILES string of the molecule is CCOc1cccc(C(C)(CN)CO)c1OC. The number of hydrogen-bond donors (Lipinski definition) is 2. The Labute approximate surface area is 102 Å². The molecule has 1 atom stereocenters. The minimum atomic E-state index is -0.515. The second kappa shape index (κ2) is 5.89. The van der Waals surface area contributed by atoms with E-state index < -0.39 is 5.41 Å². The summed E-state index contributed by atoms with van der Waals surface area (Å²) >= 11 is 0. The number of rotatable bonds is 6. The lowest BCUT2D eigenvalue weighted by molar-refractivity contribution is 0.205. The number of benzene rings is 1. The number of hydrogen-bond acceptors (Lipinski definition) is 4. The molecular weight excluding hydrogens is 218 g/mol. The van der Waals surface area contributed by atoms with Crippen molar-refractivity contribution >= 4 is 0 Å². The minimum absolute atomic E-state index is 0.0323. The summed E-state index contributed by atoms with van der Waals surface area (Å²) in [4.78, 5) is 0. The molecule has 1 aromatic rings. The molecule has 0 aromatic heterocycles. The Kier molecular flexibility index (Phi) is 4.78. The number of nitrogens with two attached hydrogens (primary N) is 1. The van der Waals surface area contributed by atoms with E-state index in [1.165, 1.54) is 0 Å². The Bertz CT molecular complexity index is 362. The van der Waals surface area contributed by atoms with Crippen LogP contribution in [0.25, 0.3) is 0 Å². The lowest BCUT2D eigenvalue weighted by Gasteiger charge is -2.28. The monoisotopic (exact) mass is 239 g/mol. The molecular formula is C13H21NO3. The highest BCUT2D eigenvalue weighted by molar-refractivity contribution is 5.50. The highest BCUT2D eigenvalue weighted by atomic mass is 16.5. The van der Waals surface area contributed by atoms with Crippen LogP contribution in [0.3, 0.4) is 0 Å². The zero-order valence-electron chi connectivity index (χ0n) is 10.7. The smallest absolute Gasteiger partial charge is 0.164 e. The van der Waals surface area contributed by atoms with Gasteiger partial charge in [-0.05, 0) is 13.0 Å².